The van der Waals surface area contributed by atoms with Gasteiger partial charge in [-0.05, 0) is 33.6 Å². The third kappa shape index (κ3) is 2.97. The van der Waals surface area contributed by atoms with Gasteiger partial charge in [0.1, 0.15) is 5.60 Å². The van der Waals surface area contributed by atoms with E-state index >= 15 is 0 Å². The van der Waals surface area contributed by atoms with Gasteiger partial charge in [-0.3, -0.25) is 0 Å². The molecule has 0 spiro atoms. The predicted octanol–water partition coefficient (Wildman–Crippen LogP) is 2.14. The molecule has 2 bridgehead atoms. The second-order valence-corrected chi connectivity index (χ2v) is 5.36. The first kappa shape index (κ1) is 14.0. The van der Waals surface area contributed by atoms with Crippen molar-refractivity contribution >= 4 is 6.09 Å². The van der Waals surface area contributed by atoms with Crippen LogP contribution in [0.2, 0.25) is 0 Å². The van der Waals surface area contributed by atoms with Gasteiger partial charge in [0, 0.05) is 32.5 Å². The Morgan fingerprint density at radius 3 is 2.19 bits per heavy atom. The summed E-state index contributed by atoms with van der Waals surface area (Å²) in [6, 6.07) is 0.581. The van der Waals surface area contributed by atoms with E-state index in [4.69, 9.17) is 4.74 Å². The molecule has 0 aromatic heterocycles. The van der Waals surface area contributed by atoms with Gasteiger partial charge in [0.15, 0.2) is 0 Å². The van der Waals surface area contributed by atoms with Crippen LogP contribution in [0.3, 0.4) is 0 Å². The predicted molar refractivity (Wildman–Crippen MR) is 58.0 cm³/mol. The van der Waals surface area contributed by atoms with Crippen molar-refractivity contribution < 1.29 is 30.0 Å². The largest absolute Gasteiger partial charge is 0.659 e. The van der Waals surface area contributed by atoms with Crippen LogP contribution in [0.25, 0.3) is 5.32 Å². The molecule has 2 unspecified atom stereocenters. The van der Waals surface area contributed by atoms with E-state index in [9.17, 15) is 4.79 Å². The number of ether oxygens (including phenoxy) is 1. The minimum atomic E-state index is -0.398. The number of carbonyl (C=O) groups is 1. The van der Waals surface area contributed by atoms with Crippen LogP contribution < -0.4 is 0 Å². The van der Waals surface area contributed by atoms with Crippen LogP contribution in [0.5, 0.6) is 0 Å². The number of rotatable bonds is 0. The van der Waals surface area contributed by atoms with Crippen molar-refractivity contribution in [3.63, 3.8) is 0 Å². The third-order valence-electron chi connectivity index (χ3n) is 2.90. The van der Waals surface area contributed by atoms with E-state index in [1.54, 1.807) is 0 Å². The molecule has 0 saturated carbocycles. The molecule has 2 fully saturated rings. The third-order valence-corrected chi connectivity index (χ3v) is 2.90. The molecule has 0 aliphatic carbocycles. The molecule has 0 aromatic carbocycles. The summed E-state index contributed by atoms with van der Waals surface area (Å²) < 4.78 is 5.40. The van der Waals surface area contributed by atoms with Crippen LogP contribution in [0.15, 0.2) is 0 Å². The molecule has 2 heterocycles. The van der Waals surface area contributed by atoms with E-state index < -0.39 is 5.60 Å². The minimum absolute atomic E-state index is 0. The van der Waals surface area contributed by atoms with E-state index in [2.05, 4.69) is 5.32 Å². The zero-order valence-corrected chi connectivity index (χ0v) is 11.6. The topological polar surface area (TPSA) is 43.6 Å². The fraction of sp³-hybridized carbons (Fsp3) is 0.909. The number of hydrogen-bond donors (Lipinski definition) is 0. The zero-order chi connectivity index (χ0) is 11.1. The maximum absolute atomic E-state index is 11.9. The minimum Gasteiger partial charge on any atom is -0.659 e. The molecular formula is C11H19N2O2Pd-. The molecule has 0 N–H and O–H groups in total. The van der Waals surface area contributed by atoms with E-state index in [1.165, 1.54) is 0 Å². The fourth-order valence-corrected chi connectivity index (χ4v) is 2.30. The Morgan fingerprint density at radius 2 is 1.75 bits per heavy atom. The van der Waals surface area contributed by atoms with Gasteiger partial charge in [-0.1, -0.05) is 0 Å². The number of nitrogens with zero attached hydrogens (tertiary/aromatic N) is 2. The van der Waals surface area contributed by atoms with Gasteiger partial charge in [0.05, 0.1) is 0 Å². The smallest absolute Gasteiger partial charge is 0.410 e. The van der Waals surface area contributed by atoms with Gasteiger partial charge in [-0.2, -0.15) is 0 Å². The van der Waals surface area contributed by atoms with Crippen molar-refractivity contribution in [2.75, 3.05) is 13.1 Å². The molecule has 2 aliphatic heterocycles. The van der Waals surface area contributed by atoms with Crippen molar-refractivity contribution in [1.82, 2.24) is 4.90 Å². The molecule has 4 nitrogen and oxygen atoms in total. The number of carbonyl (C=O) groups excluding carboxylic acids is 1. The van der Waals surface area contributed by atoms with Gasteiger partial charge in [0.25, 0.3) is 0 Å². The molecule has 0 aromatic rings. The van der Waals surface area contributed by atoms with Crippen LogP contribution in [-0.4, -0.2) is 41.8 Å². The SMILES string of the molecule is CC(C)(C)OC(=O)N1C2CCC1C[N-]C2.[Pd]. The first-order valence-corrected chi connectivity index (χ1v) is 5.62. The standard InChI is InChI=1S/C11H19N2O2.Pd/c1-11(2,3)15-10(14)13-8-4-5-9(13)7-12-6-8;/h8-9H,4-7H2,1-3H3;/q-1;. The maximum Gasteiger partial charge on any atom is 0.410 e. The molecule has 1 amide bonds. The molecule has 0 radical (unpaired) electrons. The quantitative estimate of drug-likeness (QED) is 0.643. The molecule has 16 heavy (non-hydrogen) atoms. The summed E-state index contributed by atoms with van der Waals surface area (Å²) in [5.41, 5.74) is -0.398. The van der Waals surface area contributed by atoms with Crippen molar-refractivity contribution in [3.05, 3.63) is 5.32 Å². The summed E-state index contributed by atoms with van der Waals surface area (Å²) in [6.45, 7) is 7.29. The fourth-order valence-electron chi connectivity index (χ4n) is 2.30. The average molecular weight is 318 g/mol. The van der Waals surface area contributed by atoms with Crippen molar-refractivity contribution in [1.29, 1.82) is 0 Å². The van der Waals surface area contributed by atoms with E-state index in [0.717, 1.165) is 25.9 Å². The Balaban J connectivity index is 0.00000128. The van der Waals surface area contributed by atoms with Crippen molar-refractivity contribution in [3.8, 4) is 0 Å². The zero-order valence-electron chi connectivity index (χ0n) is 10.0. The Hall–Kier alpha value is -0.108. The summed E-state index contributed by atoms with van der Waals surface area (Å²) in [4.78, 5) is 13.8. The van der Waals surface area contributed by atoms with Gasteiger partial charge in [-0.15, -0.1) is 13.1 Å². The first-order chi connectivity index (χ1) is 6.97. The number of fused-ring (bicyclic) bond motifs is 2. The molecular weight excluding hydrogens is 299 g/mol. The number of piperazine rings is 1. The molecule has 96 valence electrons. The van der Waals surface area contributed by atoms with Gasteiger partial charge in [-0.25, -0.2) is 4.79 Å². The van der Waals surface area contributed by atoms with Crippen molar-refractivity contribution in [2.24, 2.45) is 0 Å². The van der Waals surface area contributed by atoms with Crippen LogP contribution in [-0.2, 0) is 25.2 Å². The maximum atomic E-state index is 11.9. The van der Waals surface area contributed by atoms with E-state index in [1.807, 2.05) is 25.7 Å². The van der Waals surface area contributed by atoms with Crippen molar-refractivity contribution in [2.45, 2.75) is 51.3 Å². The van der Waals surface area contributed by atoms with Crippen LogP contribution in [0.1, 0.15) is 33.6 Å². The molecule has 2 rings (SSSR count). The molecule has 2 aliphatic rings. The van der Waals surface area contributed by atoms with Gasteiger partial charge >= 0.3 is 6.09 Å². The Labute approximate surface area is 111 Å². The Morgan fingerprint density at radius 1 is 1.25 bits per heavy atom. The second-order valence-electron chi connectivity index (χ2n) is 5.36. The summed E-state index contributed by atoms with van der Waals surface area (Å²) in [5.74, 6) is 0. The van der Waals surface area contributed by atoms with Crippen LogP contribution >= 0.6 is 0 Å². The summed E-state index contributed by atoms with van der Waals surface area (Å²) in [6.07, 6.45) is 1.99. The van der Waals surface area contributed by atoms with Crippen LogP contribution in [0, 0.1) is 0 Å². The van der Waals surface area contributed by atoms with E-state index in [0.29, 0.717) is 12.1 Å². The normalized spacial score (nSPS) is 28.6. The monoisotopic (exact) mass is 317 g/mol. The summed E-state index contributed by atoms with van der Waals surface area (Å²) in [5, 5.41) is 4.38. The van der Waals surface area contributed by atoms with Crippen LogP contribution in [0.4, 0.5) is 4.79 Å². The molecule has 2 saturated heterocycles. The summed E-state index contributed by atoms with van der Waals surface area (Å²) >= 11 is 0. The summed E-state index contributed by atoms with van der Waals surface area (Å²) in [7, 11) is 0. The second kappa shape index (κ2) is 5.03. The number of hydrogen-bond acceptors (Lipinski definition) is 2. The first-order valence-electron chi connectivity index (χ1n) is 5.62. The van der Waals surface area contributed by atoms with Gasteiger partial charge < -0.3 is 15.0 Å². The Kier molecular flexibility index (Phi) is 4.39. The van der Waals surface area contributed by atoms with E-state index in [-0.39, 0.29) is 26.5 Å². The average Bonchev–Trinajstić information content (AvgIpc) is 2.34. The molecule has 5 heteroatoms. The molecule has 2 atom stereocenters. The number of amides is 1. The van der Waals surface area contributed by atoms with Gasteiger partial charge in [0.2, 0.25) is 0 Å². The Bertz CT molecular complexity index is 249.